The van der Waals surface area contributed by atoms with Crippen LogP contribution in [-0.4, -0.2) is 32.3 Å². The van der Waals surface area contributed by atoms with Crippen LogP contribution in [0.4, 0.5) is 5.69 Å². The number of carbonyl (C=O) groups excluding carboxylic acids is 1. The van der Waals surface area contributed by atoms with Crippen molar-refractivity contribution >= 4 is 23.4 Å². The smallest absolute Gasteiger partial charge is 0.244 e. The second-order valence-corrected chi connectivity index (χ2v) is 6.70. The summed E-state index contributed by atoms with van der Waals surface area (Å²) in [5.74, 6) is 0.455. The van der Waals surface area contributed by atoms with Crippen LogP contribution in [0.3, 0.4) is 0 Å². The number of hydrogen-bond acceptors (Lipinski definition) is 6. The van der Waals surface area contributed by atoms with Crippen LogP contribution >= 0.6 is 11.8 Å². The first-order valence-corrected chi connectivity index (χ1v) is 9.14. The Bertz CT molecular complexity index is 984. The largest absolute Gasteiger partial charge is 0.491 e. The second-order valence-electron chi connectivity index (χ2n) is 5.75. The summed E-state index contributed by atoms with van der Waals surface area (Å²) in [5, 5.41) is 11.4. The summed E-state index contributed by atoms with van der Waals surface area (Å²) in [6, 6.07) is 10.7. The number of aromatic nitrogens is 4. The number of thioether (sulfide) groups is 1. The van der Waals surface area contributed by atoms with Crippen molar-refractivity contribution in [1.29, 1.82) is 0 Å². The van der Waals surface area contributed by atoms with Crippen molar-refractivity contribution in [3.05, 3.63) is 64.8 Å². The highest BCUT2D eigenvalue weighted by Crippen LogP contribution is 2.20. The zero-order valence-electron chi connectivity index (χ0n) is 15.0. The summed E-state index contributed by atoms with van der Waals surface area (Å²) >= 11 is 1.43. The van der Waals surface area contributed by atoms with Gasteiger partial charge < -0.3 is 19.2 Å². The maximum absolute atomic E-state index is 12.4. The van der Waals surface area contributed by atoms with Crippen molar-refractivity contribution in [2.75, 3.05) is 12.4 Å². The van der Waals surface area contributed by atoms with Crippen LogP contribution in [0.1, 0.15) is 5.69 Å². The zero-order chi connectivity index (χ0) is 19.2. The molecule has 140 valence electrons. The molecule has 2 heterocycles. The first kappa shape index (κ1) is 18.7. The lowest BCUT2D eigenvalue weighted by Crippen LogP contribution is -2.22. The highest BCUT2D eigenvalue weighted by molar-refractivity contribution is 7.98. The molecule has 0 unspecified atom stereocenters. The summed E-state index contributed by atoms with van der Waals surface area (Å²) < 4.78 is 8.61. The van der Waals surface area contributed by atoms with E-state index in [0.717, 1.165) is 5.16 Å². The highest BCUT2D eigenvalue weighted by atomic mass is 32.2. The molecule has 0 aliphatic heterocycles. The molecule has 0 saturated carbocycles. The van der Waals surface area contributed by atoms with Gasteiger partial charge in [-0.2, -0.15) is 0 Å². The van der Waals surface area contributed by atoms with E-state index < -0.39 is 0 Å². The van der Waals surface area contributed by atoms with Crippen molar-refractivity contribution in [2.24, 2.45) is 7.05 Å². The fourth-order valence-corrected chi connectivity index (χ4v) is 3.32. The van der Waals surface area contributed by atoms with Crippen LogP contribution < -0.4 is 15.5 Å². The maximum Gasteiger partial charge on any atom is 0.244 e. The topological polar surface area (TPSA) is 91.0 Å². The van der Waals surface area contributed by atoms with Gasteiger partial charge in [0.15, 0.2) is 10.9 Å². The van der Waals surface area contributed by atoms with E-state index in [4.69, 9.17) is 4.74 Å². The fourth-order valence-electron chi connectivity index (χ4n) is 2.44. The third kappa shape index (κ3) is 4.76. The van der Waals surface area contributed by atoms with Crippen LogP contribution in [0.25, 0.3) is 0 Å². The number of benzene rings is 1. The lowest BCUT2D eigenvalue weighted by molar-refractivity contribution is -0.116. The molecular formula is C18H19N5O3S. The van der Waals surface area contributed by atoms with Crippen LogP contribution in [-0.2, 0) is 24.1 Å². The summed E-state index contributed by atoms with van der Waals surface area (Å²) in [5.41, 5.74) is 1.17. The Morgan fingerprint density at radius 2 is 2.07 bits per heavy atom. The van der Waals surface area contributed by atoms with E-state index in [2.05, 4.69) is 15.5 Å². The number of pyridine rings is 1. The number of amides is 1. The summed E-state index contributed by atoms with van der Waals surface area (Å²) in [4.78, 5) is 24.6. The molecule has 0 aliphatic rings. The van der Waals surface area contributed by atoms with Gasteiger partial charge in [-0.15, -0.1) is 10.2 Å². The minimum Gasteiger partial charge on any atom is -0.491 e. The molecule has 27 heavy (non-hydrogen) atoms. The van der Waals surface area contributed by atoms with Gasteiger partial charge in [0, 0.05) is 30.2 Å². The molecule has 9 heteroatoms. The lowest BCUT2D eigenvalue weighted by Gasteiger charge is -2.14. The van der Waals surface area contributed by atoms with E-state index in [-0.39, 0.29) is 23.6 Å². The van der Waals surface area contributed by atoms with Gasteiger partial charge in [-0.25, -0.2) is 0 Å². The van der Waals surface area contributed by atoms with Crippen LogP contribution in [0, 0.1) is 0 Å². The van der Waals surface area contributed by atoms with Gasteiger partial charge in [0.25, 0.3) is 0 Å². The average molecular weight is 385 g/mol. The standard InChI is InChI=1S/C18H19N5O3S/c1-22-12-19-21-18(22)27-11-14-8-15(24)16(26-2)9-23(14)10-17(25)20-13-6-4-3-5-7-13/h3-9,12H,10-11H2,1-2H3,(H,20,25). The third-order valence-electron chi connectivity index (χ3n) is 3.79. The Morgan fingerprint density at radius 3 is 2.74 bits per heavy atom. The van der Waals surface area contributed by atoms with Crippen molar-refractivity contribution in [1.82, 2.24) is 19.3 Å². The van der Waals surface area contributed by atoms with E-state index in [9.17, 15) is 9.59 Å². The molecule has 2 aromatic heterocycles. The molecule has 0 radical (unpaired) electrons. The third-order valence-corrected chi connectivity index (χ3v) is 4.86. The normalized spacial score (nSPS) is 10.6. The van der Waals surface area contributed by atoms with Crippen molar-refractivity contribution in [3.63, 3.8) is 0 Å². The summed E-state index contributed by atoms with van der Waals surface area (Å²) in [6.45, 7) is 0.0558. The maximum atomic E-state index is 12.4. The first-order chi connectivity index (χ1) is 13.1. The van der Waals surface area contributed by atoms with E-state index in [1.54, 1.807) is 21.7 Å². The molecule has 0 spiro atoms. The monoisotopic (exact) mass is 385 g/mol. The van der Waals surface area contributed by atoms with Gasteiger partial charge >= 0.3 is 0 Å². The van der Waals surface area contributed by atoms with Gasteiger partial charge in [0.2, 0.25) is 11.3 Å². The molecule has 1 aromatic carbocycles. The number of carbonyl (C=O) groups is 1. The first-order valence-electron chi connectivity index (χ1n) is 8.16. The van der Waals surface area contributed by atoms with Gasteiger partial charge in [-0.05, 0) is 12.1 Å². The quantitative estimate of drug-likeness (QED) is 0.625. The van der Waals surface area contributed by atoms with E-state index >= 15 is 0 Å². The van der Waals surface area contributed by atoms with Crippen molar-refractivity contribution in [3.8, 4) is 5.75 Å². The minimum atomic E-state index is -0.231. The van der Waals surface area contributed by atoms with Crippen LogP contribution in [0.2, 0.25) is 0 Å². The van der Waals surface area contributed by atoms with Crippen molar-refractivity contribution in [2.45, 2.75) is 17.5 Å². The number of nitrogens with zero attached hydrogens (tertiary/aromatic N) is 4. The molecule has 3 rings (SSSR count). The predicted molar refractivity (Wildman–Crippen MR) is 103 cm³/mol. The number of ether oxygens (including phenoxy) is 1. The number of methoxy groups -OCH3 is 1. The van der Waals surface area contributed by atoms with Crippen LogP contribution in [0.15, 0.2) is 58.9 Å². The Kier molecular flexibility index (Phi) is 5.92. The number of nitrogens with one attached hydrogen (secondary N) is 1. The fraction of sp³-hybridized carbons (Fsp3) is 0.222. The molecule has 0 aliphatic carbocycles. The summed E-state index contributed by atoms with van der Waals surface area (Å²) in [7, 11) is 3.27. The molecule has 1 amide bonds. The number of aryl methyl sites for hydroxylation is 1. The zero-order valence-corrected chi connectivity index (χ0v) is 15.8. The Hall–Kier alpha value is -3.07. The Balaban J connectivity index is 1.80. The Labute approximate surface area is 160 Å². The summed E-state index contributed by atoms with van der Waals surface area (Å²) in [6.07, 6.45) is 3.16. The van der Waals surface area contributed by atoms with E-state index in [1.807, 2.05) is 37.4 Å². The number of anilines is 1. The molecule has 1 N–H and O–H groups in total. The predicted octanol–water partition coefficient (Wildman–Crippen LogP) is 1.92. The molecule has 0 atom stereocenters. The number of para-hydroxylation sites is 1. The van der Waals surface area contributed by atoms with Crippen LogP contribution in [0.5, 0.6) is 5.75 Å². The molecule has 8 nitrogen and oxygen atoms in total. The second kappa shape index (κ2) is 8.54. The van der Waals surface area contributed by atoms with Gasteiger partial charge in [-0.3, -0.25) is 9.59 Å². The van der Waals surface area contributed by atoms with Crippen molar-refractivity contribution < 1.29 is 9.53 Å². The average Bonchev–Trinajstić information content (AvgIpc) is 3.07. The number of hydrogen-bond donors (Lipinski definition) is 1. The molecule has 0 saturated heterocycles. The molecule has 3 aromatic rings. The molecule has 0 fully saturated rings. The van der Waals surface area contributed by atoms with Gasteiger partial charge in [0.1, 0.15) is 12.9 Å². The number of rotatable bonds is 7. The Morgan fingerprint density at radius 1 is 1.30 bits per heavy atom. The SMILES string of the molecule is COc1cn(CC(=O)Nc2ccccc2)c(CSc2nncn2C)cc1=O. The highest BCUT2D eigenvalue weighted by Gasteiger charge is 2.12. The lowest BCUT2D eigenvalue weighted by atomic mass is 10.3. The van der Waals surface area contributed by atoms with Gasteiger partial charge in [0.05, 0.1) is 13.3 Å². The molecule has 0 bridgehead atoms. The van der Waals surface area contributed by atoms with E-state index in [1.165, 1.54) is 24.9 Å². The van der Waals surface area contributed by atoms with E-state index in [0.29, 0.717) is 17.1 Å². The minimum absolute atomic E-state index is 0.0558. The molecular weight excluding hydrogens is 366 g/mol. The van der Waals surface area contributed by atoms with Gasteiger partial charge in [-0.1, -0.05) is 30.0 Å².